The fraction of sp³-hybridized carbons (Fsp3) is 0.500. The first-order chi connectivity index (χ1) is 11.8. The third kappa shape index (κ3) is 7.62. The van der Waals surface area contributed by atoms with Crippen molar-refractivity contribution < 1.29 is 29.5 Å². The van der Waals surface area contributed by atoms with Crippen molar-refractivity contribution in [3.8, 4) is 5.75 Å². The van der Waals surface area contributed by atoms with Gasteiger partial charge in [0, 0.05) is 24.2 Å². The molecule has 1 aliphatic carbocycles. The zero-order valence-corrected chi connectivity index (χ0v) is 13.9. The lowest BCUT2D eigenvalue weighted by atomic mass is 10.2. The predicted octanol–water partition coefficient (Wildman–Crippen LogP) is 1.97. The van der Waals surface area contributed by atoms with Crippen LogP contribution < -0.4 is 10.1 Å². The summed E-state index contributed by atoms with van der Waals surface area (Å²) in [6.07, 6.45) is 5.16. The molecule has 0 heterocycles. The molecule has 138 valence electrons. The molecule has 2 rings (SSSR count). The van der Waals surface area contributed by atoms with Crippen molar-refractivity contribution in [3.63, 3.8) is 0 Å². The fourth-order valence-corrected chi connectivity index (χ4v) is 2.48. The van der Waals surface area contributed by atoms with Crippen LogP contribution in [0.2, 0.25) is 0 Å². The maximum Gasteiger partial charge on any atom is 0.414 e. The third-order valence-corrected chi connectivity index (χ3v) is 3.71. The van der Waals surface area contributed by atoms with Gasteiger partial charge in [0.2, 0.25) is 0 Å². The van der Waals surface area contributed by atoms with Gasteiger partial charge in [0.1, 0.15) is 12.4 Å². The van der Waals surface area contributed by atoms with Crippen molar-refractivity contribution in [2.24, 2.45) is 0 Å². The summed E-state index contributed by atoms with van der Waals surface area (Å²) in [5.74, 6) is -2.96. The molecule has 1 aliphatic rings. The molecule has 9 heteroatoms. The molecule has 0 atom stereocenters. The number of aliphatic carboxylic acids is 2. The Hall–Kier alpha value is -2.68. The number of carboxylic acids is 2. The lowest BCUT2D eigenvalue weighted by Crippen LogP contribution is -2.30. The van der Waals surface area contributed by atoms with Crippen LogP contribution in [-0.4, -0.2) is 46.3 Å². The molecule has 0 radical (unpaired) electrons. The summed E-state index contributed by atoms with van der Waals surface area (Å²) >= 11 is 0. The Morgan fingerprint density at radius 2 is 1.88 bits per heavy atom. The Labute approximate surface area is 144 Å². The quantitative estimate of drug-likeness (QED) is 0.305. The zero-order chi connectivity index (χ0) is 18.8. The Morgan fingerprint density at radius 1 is 1.28 bits per heavy atom. The van der Waals surface area contributed by atoms with Gasteiger partial charge in [0.05, 0.1) is 4.92 Å². The van der Waals surface area contributed by atoms with E-state index in [1.54, 1.807) is 19.1 Å². The van der Waals surface area contributed by atoms with E-state index in [0.29, 0.717) is 24.0 Å². The number of hydrogen-bond donors (Lipinski definition) is 3. The van der Waals surface area contributed by atoms with Crippen LogP contribution in [0.5, 0.6) is 5.75 Å². The van der Waals surface area contributed by atoms with Crippen LogP contribution in [0.25, 0.3) is 0 Å². The van der Waals surface area contributed by atoms with Crippen LogP contribution in [-0.2, 0) is 9.59 Å². The molecule has 0 unspecified atom stereocenters. The number of carbonyl (C=O) groups is 2. The number of benzene rings is 1. The lowest BCUT2D eigenvalue weighted by Gasteiger charge is -2.12. The lowest BCUT2D eigenvalue weighted by molar-refractivity contribution is -0.385. The Morgan fingerprint density at radius 3 is 2.36 bits per heavy atom. The highest BCUT2D eigenvalue weighted by Gasteiger charge is 2.14. The van der Waals surface area contributed by atoms with Crippen molar-refractivity contribution in [2.45, 2.75) is 38.6 Å². The van der Waals surface area contributed by atoms with Crippen molar-refractivity contribution in [2.75, 3.05) is 13.2 Å². The largest absolute Gasteiger partial charge is 0.492 e. The second-order valence-electron chi connectivity index (χ2n) is 5.60. The summed E-state index contributed by atoms with van der Waals surface area (Å²) < 4.78 is 5.60. The number of hydrogen-bond acceptors (Lipinski definition) is 6. The smallest absolute Gasteiger partial charge is 0.414 e. The van der Waals surface area contributed by atoms with E-state index < -0.39 is 11.9 Å². The SMILES string of the molecule is Cc1cc(OCCNC2CCCC2)ccc1[N+](=O)[O-].O=C(O)C(=O)O. The van der Waals surface area contributed by atoms with Gasteiger partial charge in [-0.05, 0) is 31.9 Å². The number of nitro benzene ring substituents is 1. The summed E-state index contributed by atoms with van der Waals surface area (Å²) in [7, 11) is 0. The molecule has 0 spiro atoms. The molecule has 0 aliphatic heterocycles. The number of carboxylic acid groups (broad SMARTS) is 2. The van der Waals surface area contributed by atoms with E-state index in [-0.39, 0.29) is 10.6 Å². The van der Waals surface area contributed by atoms with E-state index in [0.717, 1.165) is 6.54 Å². The molecule has 1 fully saturated rings. The van der Waals surface area contributed by atoms with E-state index in [2.05, 4.69) is 5.32 Å². The summed E-state index contributed by atoms with van der Waals surface area (Å²) in [5, 5.41) is 28.9. The first-order valence-corrected chi connectivity index (χ1v) is 7.88. The molecular weight excluding hydrogens is 332 g/mol. The molecule has 1 aromatic carbocycles. The number of ether oxygens (including phenoxy) is 1. The van der Waals surface area contributed by atoms with Crippen LogP contribution in [0.4, 0.5) is 5.69 Å². The van der Waals surface area contributed by atoms with Gasteiger partial charge in [0.25, 0.3) is 5.69 Å². The molecule has 0 aromatic heterocycles. The second kappa shape index (κ2) is 10.2. The van der Waals surface area contributed by atoms with Crippen LogP contribution in [0.15, 0.2) is 18.2 Å². The van der Waals surface area contributed by atoms with Crippen molar-refractivity contribution in [1.29, 1.82) is 0 Å². The van der Waals surface area contributed by atoms with Gasteiger partial charge in [0.15, 0.2) is 0 Å². The maximum absolute atomic E-state index is 10.7. The molecule has 3 N–H and O–H groups in total. The summed E-state index contributed by atoms with van der Waals surface area (Å²) in [6, 6.07) is 5.51. The van der Waals surface area contributed by atoms with E-state index in [1.807, 2.05) is 0 Å². The number of nitrogens with zero attached hydrogens (tertiary/aromatic N) is 1. The molecule has 0 saturated heterocycles. The topological polar surface area (TPSA) is 139 Å². The van der Waals surface area contributed by atoms with Crippen LogP contribution in [0.1, 0.15) is 31.2 Å². The number of nitrogens with one attached hydrogen (secondary N) is 1. The van der Waals surface area contributed by atoms with Gasteiger partial charge in [-0.2, -0.15) is 0 Å². The van der Waals surface area contributed by atoms with Gasteiger partial charge < -0.3 is 20.3 Å². The van der Waals surface area contributed by atoms with Gasteiger partial charge in [-0.15, -0.1) is 0 Å². The Balaban J connectivity index is 0.000000450. The molecular formula is C16H22N2O7. The predicted molar refractivity (Wildman–Crippen MR) is 88.9 cm³/mol. The number of rotatable bonds is 6. The van der Waals surface area contributed by atoms with Crippen LogP contribution >= 0.6 is 0 Å². The first kappa shape index (κ1) is 20.4. The average molecular weight is 354 g/mol. The molecule has 0 bridgehead atoms. The summed E-state index contributed by atoms with van der Waals surface area (Å²) in [4.78, 5) is 28.5. The highest BCUT2D eigenvalue weighted by molar-refractivity contribution is 6.27. The maximum atomic E-state index is 10.7. The highest BCUT2D eigenvalue weighted by Crippen LogP contribution is 2.23. The van der Waals surface area contributed by atoms with E-state index >= 15 is 0 Å². The molecule has 25 heavy (non-hydrogen) atoms. The number of nitro groups is 1. The standard InChI is InChI=1S/C14H20N2O3.C2H2O4/c1-11-10-13(6-7-14(11)16(17)18)19-9-8-15-12-4-2-3-5-12;3-1(4)2(5)6/h6-7,10,12,15H,2-5,8-9H2,1H3;(H,3,4)(H,5,6). The fourth-order valence-electron chi connectivity index (χ4n) is 2.48. The average Bonchev–Trinajstić information content (AvgIpc) is 3.05. The molecule has 1 saturated carbocycles. The minimum absolute atomic E-state index is 0.136. The van der Waals surface area contributed by atoms with Crippen molar-refractivity contribution in [3.05, 3.63) is 33.9 Å². The van der Waals surface area contributed by atoms with Gasteiger partial charge in [-0.1, -0.05) is 12.8 Å². The Kier molecular flexibility index (Phi) is 8.34. The second-order valence-corrected chi connectivity index (χ2v) is 5.60. The summed E-state index contributed by atoms with van der Waals surface area (Å²) in [6.45, 7) is 3.14. The minimum Gasteiger partial charge on any atom is -0.492 e. The van der Waals surface area contributed by atoms with Crippen molar-refractivity contribution >= 4 is 17.6 Å². The highest BCUT2D eigenvalue weighted by atomic mass is 16.6. The zero-order valence-electron chi connectivity index (χ0n) is 13.9. The first-order valence-electron chi connectivity index (χ1n) is 7.88. The third-order valence-electron chi connectivity index (χ3n) is 3.71. The van der Waals surface area contributed by atoms with E-state index in [1.165, 1.54) is 31.7 Å². The van der Waals surface area contributed by atoms with Gasteiger partial charge in [-0.25, -0.2) is 9.59 Å². The monoisotopic (exact) mass is 354 g/mol. The normalized spacial score (nSPS) is 13.6. The molecule has 0 amide bonds. The minimum atomic E-state index is -1.82. The van der Waals surface area contributed by atoms with Crippen LogP contribution in [0, 0.1) is 17.0 Å². The molecule has 9 nitrogen and oxygen atoms in total. The van der Waals surface area contributed by atoms with Crippen molar-refractivity contribution in [1.82, 2.24) is 5.32 Å². The van der Waals surface area contributed by atoms with Gasteiger partial charge in [-0.3, -0.25) is 10.1 Å². The van der Waals surface area contributed by atoms with Crippen LogP contribution in [0.3, 0.4) is 0 Å². The summed E-state index contributed by atoms with van der Waals surface area (Å²) in [5.41, 5.74) is 0.766. The Bertz CT molecular complexity index is 601. The van der Waals surface area contributed by atoms with Gasteiger partial charge >= 0.3 is 11.9 Å². The van der Waals surface area contributed by atoms with E-state index in [4.69, 9.17) is 24.5 Å². The molecule has 1 aromatic rings. The number of aryl methyl sites for hydroxylation is 1. The van der Waals surface area contributed by atoms with E-state index in [9.17, 15) is 10.1 Å².